The second-order valence-corrected chi connectivity index (χ2v) is 7.73. The Morgan fingerprint density at radius 1 is 1.12 bits per heavy atom. The van der Waals surface area contributed by atoms with Crippen LogP contribution < -0.4 is 14.4 Å². The van der Waals surface area contributed by atoms with Crippen LogP contribution in [0.2, 0.25) is 0 Å². The van der Waals surface area contributed by atoms with Gasteiger partial charge in [0, 0.05) is 25.0 Å². The number of benzene rings is 2. The van der Waals surface area contributed by atoms with Gasteiger partial charge in [0.15, 0.2) is 0 Å². The van der Waals surface area contributed by atoms with E-state index in [0.29, 0.717) is 11.4 Å². The molecule has 0 saturated heterocycles. The molecule has 136 valence electrons. The number of nitrogens with zero attached hydrogens (tertiary/aromatic N) is 1. The average molecular weight is 362 g/mol. The SMILES string of the molecule is CCCCN(C)c1ccc(NS(=O)(=O)c2cc(C)ccc2OC)cc1. The van der Waals surface area contributed by atoms with Gasteiger partial charge in [-0.15, -0.1) is 0 Å². The molecule has 0 unspecified atom stereocenters. The second-order valence-electron chi connectivity index (χ2n) is 6.08. The molecule has 0 amide bonds. The number of ether oxygens (including phenoxy) is 1. The summed E-state index contributed by atoms with van der Waals surface area (Å²) in [6.07, 6.45) is 2.26. The molecule has 25 heavy (non-hydrogen) atoms. The summed E-state index contributed by atoms with van der Waals surface area (Å²) < 4.78 is 33.2. The molecule has 0 saturated carbocycles. The number of hydrogen-bond donors (Lipinski definition) is 1. The van der Waals surface area contributed by atoms with Gasteiger partial charge in [0.2, 0.25) is 0 Å². The maximum atomic E-state index is 12.7. The molecule has 2 aromatic carbocycles. The van der Waals surface area contributed by atoms with Crippen molar-refractivity contribution in [2.75, 3.05) is 30.3 Å². The topological polar surface area (TPSA) is 58.6 Å². The van der Waals surface area contributed by atoms with Crippen LogP contribution in [0.4, 0.5) is 11.4 Å². The second kappa shape index (κ2) is 8.25. The number of unbranched alkanes of at least 4 members (excludes halogenated alkanes) is 1. The number of anilines is 2. The van der Waals surface area contributed by atoms with Crippen molar-refractivity contribution < 1.29 is 13.2 Å². The lowest BCUT2D eigenvalue weighted by Gasteiger charge is -2.19. The van der Waals surface area contributed by atoms with Gasteiger partial charge in [0.25, 0.3) is 10.0 Å². The normalized spacial score (nSPS) is 11.2. The lowest BCUT2D eigenvalue weighted by atomic mass is 10.2. The predicted molar refractivity (Wildman–Crippen MR) is 103 cm³/mol. The largest absolute Gasteiger partial charge is 0.495 e. The number of methoxy groups -OCH3 is 1. The third-order valence-electron chi connectivity index (χ3n) is 4.02. The maximum Gasteiger partial charge on any atom is 0.265 e. The van der Waals surface area contributed by atoms with Crippen molar-refractivity contribution >= 4 is 21.4 Å². The van der Waals surface area contributed by atoms with Crippen molar-refractivity contribution in [1.82, 2.24) is 0 Å². The molecule has 0 bridgehead atoms. The summed E-state index contributed by atoms with van der Waals surface area (Å²) in [4.78, 5) is 2.30. The smallest absolute Gasteiger partial charge is 0.265 e. The highest BCUT2D eigenvalue weighted by atomic mass is 32.2. The summed E-state index contributed by atoms with van der Waals surface area (Å²) in [7, 11) is -0.217. The zero-order chi connectivity index (χ0) is 18.4. The highest BCUT2D eigenvalue weighted by molar-refractivity contribution is 7.92. The van der Waals surface area contributed by atoms with Crippen LogP contribution in [0.15, 0.2) is 47.4 Å². The first-order valence-electron chi connectivity index (χ1n) is 8.36. The molecule has 5 nitrogen and oxygen atoms in total. The Morgan fingerprint density at radius 3 is 2.40 bits per heavy atom. The quantitative estimate of drug-likeness (QED) is 0.770. The number of aryl methyl sites for hydroxylation is 1. The van der Waals surface area contributed by atoms with Gasteiger partial charge in [0.05, 0.1) is 7.11 Å². The van der Waals surface area contributed by atoms with Crippen LogP contribution in [0.1, 0.15) is 25.3 Å². The van der Waals surface area contributed by atoms with E-state index < -0.39 is 10.0 Å². The molecule has 1 N–H and O–H groups in total. The standard InChI is InChI=1S/C19H26N2O3S/c1-5-6-13-21(3)17-10-8-16(9-11-17)20-25(22,23)19-14-15(2)7-12-18(19)24-4/h7-12,14,20H,5-6,13H2,1-4H3. The Labute approximate surface area is 150 Å². The van der Waals surface area contributed by atoms with Gasteiger partial charge in [-0.3, -0.25) is 4.72 Å². The molecule has 6 heteroatoms. The number of sulfonamides is 1. The number of rotatable bonds is 8. The zero-order valence-corrected chi connectivity index (χ0v) is 16.1. The first kappa shape index (κ1) is 19.1. The summed E-state index contributed by atoms with van der Waals surface area (Å²) in [5.41, 5.74) is 2.44. The van der Waals surface area contributed by atoms with Gasteiger partial charge in [0.1, 0.15) is 10.6 Å². The van der Waals surface area contributed by atoms with Gasteiger partial charge in [-0.1, -0.05) is 19.4 Å². The molecule has 0 aliphatic carbocycles. The minimum absolute atomic E-state index is 0.138. The Morgan fingerprint density at radius 2 is 1.80 bits per heavy atom. The van der Waals surface area contributed by atoms with E-state index >= 15 is 0 Å². The highest BCUT2D eigenvalue weighted by Crippen LogP contribution is 2.27. The van der Waals surface area contributed by atoms with Crippen molar-refractivity contribution in [1.29, 1.82) is 0 Å². The first-order valence-corrected chi connectivity index (χ1v) is 9.84. The molecular weight excluding hydrogens is 336 g/mol. The number of nitrogens with one attached hydrogen (secondary N) is 1. The molecule has 2 rings (SSSR count). The fourth-order valence-electron chi connectivity index (χ4n) is 2.51. The average Bonchev–Trinajstić information content (AvgIpc) is 2.60. The Bertz CT molecular complexity index is 802. The van der Waals surface area contributed by atoms with E-state index in [-0.39, 0.29) is 4.90 Å². The van der Waals surface area contributed by atoms with E-state index in [1.807, 2.05) is 32.2 Å². The Hall–Kier alpha value is -2.21. The van der Waals surface area contributed by atoms with Crippen molar-refractivity contribution in [2.45, 2.75) is 31.6 Å². The van der Waals surface area contributed by atoms with Gasteiger partial charge in [-0.2, -0.15) is 0 Å². The fraction of sp³-hybridized carbons (Fsp3) is 0.368. The van der Waals surface area contributed by atoms with Crippen LogP contribution in [0, 0.1) is 6.92 Å². The van der Waals surface area contributed by atoms with Crippen molar-refractivity contribution in [3.05, 3.63) is 48.0 Å². The predicted octanol–water partition coefficient (Wildman–Crippen LogP) is 4.04. The van der Waals surface area contributed by atoms with E-state index in [9.17, 15) is 8.42 Å². The lowest BCUT2D eigenvalue weighted by molar-refractivity contribution is 0.402. The fourth-order valence-corrected chi connectivity index (χ4v) is 3.83. The molecule has 0 atom stereocenters. The van der Waals surface area contributed by atoms with E-state index in [1.54, 1.807) is 24.3 Å². The highest BCUT2D eigenvalue weighted by Gasteiger charge is 2.19. The van der Waals surface area contributed by atoms with Crippen LogP contribution in [0.5, 0.6) is 5.75 Å². The van der Waals surface area contributed by atoms with E-state index in [1.165, 1.54) is 7.11 Å². The minimum atomic E-state index is -3.71. The van der Waals surface area contributed by atoms with E-state index in [4.69, 9.17) is 4.74 Å². The molecule has 0 fully saturated rings. The summed E-state index contributed by atoms with van der Waals surface area (Å²) in [5.74, 6) is 0.328. The van der Waals surface area contributed by atoms with Gasteiger partial charge in [-0.05, 0) is 55.3 Å². The third kappa shape index (κ3) is 4.89. The summed E-state index contributed by atoms with van der Waals surface area (Å²) in [5, 5.41) is 0. The monoisotopic (exact) mass is 362 g/mol. The van der Waals surface area contributed by atoms with Crippen molar-refractivity contribution in [3.8, 4) is 5.75 Å². The van der Waals surface area contributed by atoms with Gasteiger partial charge in [-0.25, -0.2) is 8.42 Å². The minimum Gasteiger partial charge on any atom is -0.495 e. The molecule has 0 aromatic heterocycles. The van der Waals surface area contributed by atoms with Crippen LogP contribution in [0.3, 0.4) is 0 Å². The summed E-state index contributed by atoms with van der Waals surface area (Å²) in [6, 6.07) is 12.5. The third-order valence-corrected chi connectivity index (χ3v) is 5.42. The summed E-state index contributed by atoms with van der Waals surface area (Å²) >= 11 is 0. The number of hydrogen-bond acceptors (Lipinski definition) is 4. The molecule has 0 aliphatic rings. The molecule has 0 radical (unpaired) electrons. The Kier molecular flexibility index (Phi) is 6.31. The van der Waals surface area contributed by atoms with Crippen LogP contribution in [-0.2, 0) is 10.0 Å². The molecule has 2 aromatic rings. The lowest BCUT2D eigenvalue weighted by Crippen LogP contribution is -2.18. The van der Waals surface area contributed by atoms with E-state index in [0.717, 1.165) is 30.6 Å². The van der Waals surface area contributed by atoms with Gasteiger partial charge < -0.3 is 9.64 Å². The van der Waals surface area contributed by atoms with Crippen LogP contribution >= 0.6 is 0 Å². The van der Waals surface area contributed by atoms with Gasteiger partial charge >= 0.3 is 0 Å². The molecule has 0 spiro atoms. The molecule has 0 heterocycles. The van der Waals surface area contributed by atoms with Crippen LogP contribution in [-0.4, -0.2) is 29.1 Å². The summed E-state index contributed by atoms with van der Waals surface area (Å²) in [6.45, 7) is 4.98. The first-order chi connectivity index (χ1) is 11.9. The Balaban J connectivity index is 2.20. The van der Waals surface area contributed by atoms with E-state index in [2.05, 4.69) is 16.5 Å². The van der Waals surface area contributed by atoms with Crippen LogP contribution in [0.25, 0.3) is 0 Å². The zero-order valence-electron chi connectivity index (χ0n) is 15.2. The molecule has 0 aliphatic heterocycles. The molecular formula is C19H26N2O3S. The van der Waals surface area contributed by atoms with Crippen molar-refractivity contribution in [2.24, 2.45) is 0 Å². The maximum absolute atomic E-state index is 12.7. The van der Waals surface area contributed by atoms with Crippen molar-refractivity contribution in [3.63, 3.8) is 0 Å².